The summed E-state index contributed by atoms with van der Waals surface area (Å²) in [5.41, 5.74) is 9.42. The van der Waals surface area contributed by atoms with Crippen LogP contribution in [0.5, 0.6) is 0 Å². The van der Waals surface area contributed by atoms with E-state index in [9.17, 15) is 83.1 Å². The van der Waals surface area contributed by atoms with Gasteiger partial charge in [-0.3, -0.25) is 47.9 Å². The van der Waals surface area contributed by atoms with Gasteiger partial charge in [0.25, 0.3) is 5.56 Å². The average Bonchev–Trinajstić information content (AvgIpc) is 1.23. The maximum Gasteiger partial charge on any atom is 0.407 e. The molecule has 15 rings (SSSR count). The third-order valence-electron chi connectivity index (χ3n) is 23.3. The standard InChI is InChI=1S/C80H89FN12O22/c1-3-80(110)48-22-54-67-45(31-93(54)74(106)47(48)33-111-76(80)108)66-50(18-17-40-38(2)49(81)23-52(90-67)65(40)66)91-75(107)78-34-79(35-78,36-78)113-37-88-63(98)29-87-73(105)53(21-39-11-5-4-6-12-39)89-64(99)30-85-62(97)28-86-72(104)51(92-77(109)112-32-46-43-15-9-7-13-41(43)42-14-8-10-16-44(42)46)19-20-60(95)83-26-57-71(103)69(101)56(115-57)25-61(96)84-27-58-70(102)68(100)55(114-58)24-59(82)94/h4-16,22-23,46,50-51,53,55-58,68-71,100-103,110H,3,17-21,24-37H2,1-2H3,(H2,82,94)(H,83,95)(H,84,96)(H,85,97)(H,86,104)(H,87,105)(H,88,98)(H,89,99)(H,91,107)(H,92,109)/t50-,51-,53-,55-,56-,57+,58+,68-,69-,70+,71+,78?,79?,80-/m0/s1. The van der Waals surface area contributed by atoms with Crippen LogP contribution in [0.4, 0.5) is 9.18 Å². The normalized spacial score (nSPS) is 25.3. The van der Waals surface area contributed by atoms with Gasteiger partial charge in [0, 0.05) is 54.4 Å². The predicted molar refractivity (Wildman–Crippen MR) is 400 cm³/mol. The van der Waals surface area contributed by atoms with Crippen molar-refractivity contribution in [2.24, 2.45) is 11.1 Å². The summed E-state index contributed by atoms with van der Waals surface area (Å²) < 4.78 is 45.4. The zero-order valence-electron chi connectivity index (χ0n) is 62.8. The summed E-state index contributed by atoms with van der Waals surface area (Å²) >= 11 is 0. The maximum atomic E-state index is 15.6. The van der Waals surface area contributed by atoms with Crippen LogP contribution >= 0.6 is 0 Å². The second-order valence-corrected chi connectivity index (χ2v) is 30.7. The number of aliphatic hydroxyl groups is 5. The number of aliphatic hydroxyl groups excluding tert-OH is 4. The summed E-state index contributed by atoms with van der Waals surface area (Å²) in [5, 5.41) is 77.7. The minimum Gasteiger partial charge on any atom is -0.458 e. The van der Waals surface area contributed by atoms with E-state index in [-0.39, 0.29) is 88.2 Å². The molecular formula is C80H89FN12O22. The number of rotatable bonds is 31. The van der Waals surface area contributed by atoms with Gasteiger partial charge in [-0.25, -0.2) is 19.0 Å². The number of aromatic nitrogens is 2. The third-order valence-corrected chi connectivity index (χ3v) is 23.3. The molecule has 2 aromatic heterocycles. The number of amides is 10. The number of nitrogens with one attached hydrogen (secondary N) is 9. The molecule has 6 heterocycles. The van der Waals surface area contributed by atoms with Gasteiger partial charge in [-0.15, -0.1) is 0 Å². The molecule has 3 saturated carbocycles. The number of nitrogens with zero attached hydrogens (tertiary/aromatic N) is 2. The molecule has 6 aromatic rings. The number of halogens is 1. The van der Waals surface area contributed by atoms with E-state index in [0.717, 1.165) is 27.8 Å². The Morgan fingerprint density at radius 1 is 0.687 bits per heavy atom. The molecule has 0 spiro atoms. The van der Waals surface area contributed by atoms with Gasteiger partial charge in [-0.05, 0) is 102 Å². The number of ether oxygens (including phenoxy) is 5. The molecule has 16 N–H and O–H groups in total. The molecule has 115 heavy (non-hydrogen) atoms. The van der Waals surface area contributed by atoms with E-state index in [1.165, 1.54) is 10.6 Å². The Bertz CT molecular complexity index is 4920. The Balaban J connectivity index is 0.540. The topological polar surface area (TPSA) is 504 Å². The van der Waals surface area contributed by atoms with Gasteiger partial charge in [-0.1, -0.05) is 85.8 Å². The Morgan fingerprint density at radius 2 is 1.29 bits per heavy atom. The van der Waals surface area contributed by atoms with Crippen LogP contribution in [-0.4, -0.2) is 213 Å². The first-order valence-corrected chi connectivity index (χ1v) is 38.2. The van der Waals surface area contributed by atoms with Crippen LogP contribution in [0.3, 0.4) is 0 Å². The van der Waals surface area contributed by atoms with Crippen LogP contribution in [0.2, 0.25) is 0 Å². The quantitative estimate of drug-likeness (QED) is 0.0181. The van der Waals surface area contributed by atoms with Crippen LogP contribution in [0.15, 0.2) is 95.8 Å². The van der Waals surface area contributed by atoms with Crippen molar-refractivity contribution in [3.8, 4) is 22.5 Å². The molecule has 34 nitrogen and oxygen atoms in total. The zero-order valence-corrected chi connectivity index (χ0v) is 62.8. The molecular weight excluding hydrogens is 1500 g/mol. The average molecular weight is 1590 g/mol. The smallest absolute Gasteiger partial charge is 0.407 e. The van der Waals surface area contributed by atoms with Gasteiger partial charge in [0.15, 0.2) is 5.60 Å². The molecule has 10 amide bonds. The minimum atomic E-state index is -2.06. The second-order valence-electron chi connectivity index (χ2n) is 30.7. The van der Waals surface area contributed by atoms with Gasteiger partial charge in [-0.2, -0.15) is 0 Å². The molecule has 4 aromatic carbocycles. The molecule has 0 radical (unpaired) electrons. The van der Waals surface area contributed by atoms with Crippen molar-refractivity contribution in [2.75, 3.05) is 46.1 Å². The number of aryl methyl sites for hydroxylation is 1. The Kier molecular flexibility index (Phi) is 23.1. The summed E-state index contributed by atoms with van der Waals surface area (Å²) in [6.45, 7) is -0.0472. The van der Waals surface area contributed by atoms with Crippen molar-refractivity contribution in [2.45, 2.75) is 182 Å². The number of fused-ring (bicyclic) bond motifs is 8. The maximum absolute atomic E-state index is 15.6. The van der Waals surface area contributed by atoms with Gasteiger partial charge in [0.1, 0.15) is 74.5 Å². The number of pyridine rings is 2. The van der Waals surface area contributed by atoms with E-state index in [1.807, 2.05) is 48.5 Å². The van der Waals surface area contributed by atoms with Crippen LogP contribution in [0.25, 0.3) is 33.4 Å². The molecule has 5 aliphatic carbocycles. The van der Waals surface area contributed by atoms with Gasteiger partial charge >= 0.3 is 12.1 Å². The summed E-state index contributed by atoms with van der Waals surface area (Å²) in [5.74, 6) is -8.18. The number of carbonyl (C=O) groups excluding carboxylic acids is 11. The van der Waals surface area contributed by atoms with E-state index in [1.54, 1.807) is 50.2 Å². The van der Waals surface area contributed by atoms with Gasteiger partial charge < -0.3 is 107 Å². The molecule has 608 valence electrons. The largest absolute Gasteiger partial charge is 0.458 e. The second kappa shape index (κ2) is 33.0. The summed E-state index contributed by atoms with van der Waals surface area (Å²) in [4.78, 5) is 165. The van der Waals surface area contributed by atoms with Crippen molar-refractivity contribution in [3.05, 3.63) is 157 Å². The number of cyclic esters (lactones) is 1. The molecule has 2 bridgehead atoms. The number of primary amides is 1. The van der Waals surface area contributed by atoms with Crippen LogP contribution < -0.4 is 59.1 Å². The first kappa shape index (κ1) is 80.4. The number of carbonyl (C=O) groups is 11. The number of nitrogens with two attached hydrogens (primary N) is 1. The summed E-state index contributed by atoms with van der Waals surface area (Å²) in [7, 11) is 0. The zero-order chi connectivity index (χ0) is 81.5. The number of hydrogen-bond donors (Lipinski definition) is 15. The summed E-state index contributed by atoms with van der Waals surface area (Å²) in [6, 6.07) is 23.4. The number of benzene rings is 4. The lowest BCUT2D eigenvalue weighted by Gasteiger charge is -2.68. The van der Waals surface area contributed by atoms with E-state index >= 15 is 4.39 Å². The van der Waals surface area contributed by atoms with Crippen LogP contribution in [0.1, 0.15) is 127 Å². The van der Waals surface area contributed by atoms with Crippen molar-refractivity contribution < 1.29 is 106 Å². The molecule has 2 saturated heterocycles. The highest BCUT2D eigenvalue weighted by atomic mass is 19.1. The fraction of sp³-hybridized carbons (Fsp3) is 0.463. The van der Waals surface area contributed by atoms with Crippen molar-refractivity contribution in [3.63, 3.8) is 0 Å². The number of esters is 1. The molecule has 9 aliphatic rings. The minimum absolute atomic E-state index is 0.0462. The third kappa shape index (κ3) is 16.2. The highest BCUT2D eigenvalue weighted by molar-refractivity contribution is 5.97. The SMILES string of the molecule is CC[C@@]1(O)C(=O)OCc2c1cc1n(c2=O)Cc2c-1nc1cc(F)c(C)c3c1c2[C@@H](NC(=O)C12CC(OCNC(=O)CNC(=O)[C@H](Cc4ccccc4)NC(=O)CNC(=O)CNC(=O)[C@H](CCC(=O)NC[C@H]4O[C@@H](CC(=O)NC[C@H]5O[C@@H](CC(N)=O)[C@H](O)[C@@H]5O)[C@H](O)[C@@H]4O)NC(=O)OCC4c5ccccc5-c5ccccc54)(C1)C2)CC3. The van der Waals surface area contributed by atoms with Gasteiger partial charge in [0.05, 0.1) is 90.8 Å². The van der Waals surface area contributed by atoms with E-state index in [0.29, 0.717) is 76.6 Å². The summed E-state index contributed by atoms with van der Waals surface area (Å²) in [6.07, 6.45) is -11.7. The van der Waals surface area contributed by atoms with Crippen LogP contribution in [0, 0.1) is 18.2 Å². The molecule has 4 aliphatic heterocycles. The Hall–Kier alpha value is -11.2. The molecule has 5 fully saturated rings. The number of hydrogen-bond acceptors (Lipinski definition) is 23. The Morgan fingerprint density at radius 3 is 1.94 bits per heavy atom. The fourth-order valence-corrected chi connectivity index (χ4v) is 17.2. The molecule has 0 unspecified atom stereocenters. The molecule has 35 heteroatoms. The van der Waals surface area contributed by atoms with E-state index in [4.69, 9.17) is 34.4 Å². The van der Waals surface area contributed by atoms with Crippen molar-refractivity contribution in [1.82, 2.24) is 57.4 Å². The fourth-order valence-electron chi connectivity index (χ4n) is 17.2. The van der Waals surface area contributed by atoms with Gasteiger partial charge in [0.2, 0.25) is 53.2 Å². The first-order valence-electron chi connectivity index (χ1n) is 38.2. The van der Waals surface area contributed by atoms with Crippen molar-refractivity contribution in [1.29, 1.82) is 0 Å². The molecule has 12 atom stereocenters. The number of alkyl carbamates (subject to hydrolysis) is 1. The van der Waals surface area contributed by atoms with Crippen molar-refractivity contribution >= 4 is 76.1 Å². The lowest BCUT2D eigenvalue weighted by molar-refractivity contribution is -0.276. The van der Waals surface area contributed by atoms with Crippen LogP contribution in [-0.2, 0) is 103 Å². The highest BCUT2D eigenvalue weighted by Gasteiger charge is 2.73. The monoisotopic (exact) mass is 1590 g/mol. The lowest BCUT2D eigenvalue weighted by atomic mass is 9.40. The lowest BCUT2D eigenvalue weighted by Crippen LogP contribution is -2.73. The Labute approximate surface area is 655 Å². The predicted octanol–water partition coefficient (Wildman–Crippen LogP) is -1.12. The highest BCUT2D eigenvalue weighted by Crippen LogP contribution is 2.69. The van der Waals surface area contributed by atoms with E-state index < -0.39 is 187 Å². The van der Waals surface area contributed by atoms with E-state index in [2.05, 4.69) is 47.9 Å². The first-order chi connectivity index (χ1) is 55.0.